The molecule has 0 spiro atoms. The molecule has 0 amide bonds. The van der Waals surface area contributed by atoms with E-state index in [0.717, 1.165) is 37.1 Å². The van der Waals surface area contributed by atoms with Gasteiger partial charge in [0.1, 0.15) is 12.4 Å². The van der Waals surface area contributed by atoms with Crippen molar-refractivity contribution < 1.29 is 18.5 Å². The lowest BCUT2D eigenvalue weighted by Crippen LogP contribution is -2.26. The number of benzene rings is 1. The van der Waals surface area contributed by atoms with Crippen LogP contribution in [0.5, 0.6) is 0 Å². The van der Waals surface area contributed by atoms with Crippen molar-refractivity contribution in [2.45, 2.75) is 45.4 Å². The lowest BCUT2D eigenvalue weighted by Gasteiger charge is -2.14. The lowest BCUT2D eigenvalue weighted by molar-refractivity contribution is -0.439. The molecular weight excluding hydrogens is 269 g/mol. The molecule has 0 aliphatic carbocycles. The number of fused-ring (bicyclic) bond motifs is 1. The van der Waals surface area contributed by atoms with Gasteiger partial charge in [0.25, 0.3) is 6.47 Å². The van der Waals surface area contributed by atoms with Crippen molar-refractivity contribution in [3.63, 3.8) is 0 Å². The summed E-state index contributed by atoms with van der Waals surface area (Å²) in [5.41, 5.74) is 3.30. The van der Waals surface area contributed by atoms with Gasteiger partial charge in [0.15, 0.2) is 5.71 Å². The Kier molecular flexibility index (Phi) is 4.76. The summed E-state index contributed by atoms with van der Waals surface area (Å²) in [6.45, 7) is 8.28. The molecule has 4 heteroatoms. The van der Waals surface area contributed by atoms with Crippen LogP contribution in [0.2, 0.25) is 0 Å². The third-order valence-corrected chi connectivity index (χ3v) is 4.44. The van der Waals surface area contributed by atoms with Gasteiger partial charge in [-0.25, -0.2) is 4.39 Å². The highest BCUT2D eigenvalue weighted by Crippen LogP contribution is 2.39. The zero-order valence-electron chi connectivity index (χ0n) is 13.0. The molecule has 0 aromatic heterocycles. The topological polar surface area (TPSA) is 29.3 Å². The van der Waals surface area contributed by atoms with E-state index in [0.29, 0.717) is 13.1 Å². The summed E-state index contributed by atoms with van der Waals surface area (Å²) in [7, 11) is 0. The second kappa shape index (κ2) is 6.37. The Balaban J connectivity index is 2.06. The molecule has 21 heavy (non-hydrogen) atoms. The van der Waals surface area contributed by atoms with E-state index in [9.17, 15) is 9.18 Å². The predicted molar refractivity (Wildman–Crippen MR) is 80.8 cm³/mol. The van der Waals surface area contributed by atoms with Gasteiger partial charge in [-0.05, 0) is 38.8 Å². The fraction of sp³-hybridized carbons (Fsp3) is 0.529. The van der Waals surface area contributed by atoms with Gasteiger partial charge in [-0.2, -0.15) is 4.58 Å². The quantitative estimate of drug-likeness (QED) is 0.437. The number of unbranched alkanes of at least 4 members (excludes halogenated alkanes) is 2. The molecule has 0 saturated carbocycles. The van der Waals surface area contributed by atoms with Crippen LogP contribution in [0.4, 0.5) is 10.1 Å². The van der Waals surface area contributed by atoms with Crippen LogP contribution in [0.15, 0.2) is 18.2 Å². The van der Waals surface area contributed by atoms with Crippen molar-refractivity contribution in [1.29, 1.82) is 0 Å². The molecule has 1 aromatic carbocycles. The van der Waals surface area contributed by atoms with E-state index < -0.39 is 0 Å². The Hall–Kier alpha value is -1.71. The minimum atomic E-state index is -0.178. The number of carbonyl (C=O) groups excluding carboxylic acids is 1. The van der Waals surface area contributed by atoms with Crippen molar-refractivity contribution in [3.8, 4) is 0 Å². The Morgan fingerprint density at radius 1 is 1.29 bits per heavy atom. The zero-order valence-corrected chi connectivity index (χ0v) is 13.0. The summed E-state index contributed by atoms with van der Waals surface area (Å²) in [5, 5.41) is 0. The van der Waals surface area contributed by atoms with E-state index in [2.05, 4.69) is 30.1 Å². The van der Waals surface area contributed by atoms with Crippen molar-refractivity contribution >= 4 is 17.9 Å². The van der Waals surface area contributed by atoms with Gasteiger partial charge in [-0.15, -0.1) is 0 Å². The summed E-state index contributed by atoms with van der Waals surface area (Å²) >= 11 is 0. The van der Waals surface area contributed by atoms with E-state index in [1.54, 1.807) is 6.07 Å². The average Bonchev–Trinajstić information content (AvgIpc) is 2.63. The number of ether oxygens (including phenoxy) is 1. The number of halogens is 1. The molecule has 0 fully saturated rings. The fourth-order valence-electron chi connectivity index (χ4n) is 2.93. The summed E-state index contributed by atoms with van der Waals surface area (Å²) in [5.74, 6) is -0.178. The minimum absolute atomic E-state index is 0.127. The van der Waals surface area contributed by atoms with Crippen molar-refractivity contribution in [2.24, 2.45) is 0 Å². The monoisotopic (exact) mass is 292 g/mol. The molecule has 3 nitrogen and oxygen atoms in total. The SMILES string of the molecule is CC1=[N+](CCCCCOC=O)c2ccc(F)cc2C1(C)C. The first-order chi connectivity index (χ1) is 9.98. The molecule has 1 aromatic rings. The average molecular weight is 292 g/mol. The zero-order chi connectivity index (χ0) is 15.5. The van der Waals surface area contributed by atoms with Crippen LogP contribution in [0.3, 0.4) is 0 Å². The van der Waals surface area contributed by atoms with Gasteiger partial charge in [0, 0.05) is 25.0 Å². The number of nitrogens with zero attached hydrogens (tertiary/aromatic N) is 1. The number of rotatable bonds is 7. The highest BCUT2D eigenvalue weighted by atomic mass is 19.1. The molecule has 1 heterocycles. The Bertz CT molecular complexity index is 564. The van der Waals surface area contributed by atoms with Gasteiger partial charge in [0.05, 0.1) is 12.0 Å². The Morgan fingerprint density at radius 3 is 2.76 bits per heavy atom. The van der Waals surface area contributed by atoms with Crippen LogP contribution in [-0.4, -0.2) is 29.9 Å². The van der Waals surface area contributed by atoms with E-state index >= 15 is 0 Å². The van der Waals surface area contributed by atoms with Gasteiger partial charge in [-0.1, -0.05) is 0 Å². The van der Waals surface area contributed by atoms with Gasteiger partial charge in [0.2, 0.25) is 5.69 Å². The van der Waals surface area contributed by atoms with E-state index in [1.807, 2.05) is 6.07 Å². The number of carbonyl (C=O) groups is 1. The second-order valence-electron chi connectivity index (χ2n) is 6.05. The van der Waals surface area contributed by atoms with E-state index in [-0.39, 0.29) is 11.2 Å². The van der Waals surface area contributed by atoms with Gasteiger partial charge >= 0.3 is 0 Å². The maximum atomic E-state index is 13.5. The molecule has 0 saturated heterocycles. The molecule has 0 unspecified atom stereocenters. The van der Waals surface area contributed by atoms with E-state index in [4.69, 9.17) is 0 Å². The maximum Gasteiger partial charge on any atom is 0.293 e. The van der Waals surface area contributed by atoms with E-state index in [1.165, 1.54) is 11.8 Å². The second-order valence-corrected chi connectivity index (χ2v) is 6.05. The summed E-state index contributed by atoms with van der Waals surface area (Å²) < 4.78 is 20.5. The predicted octanol–water partition coefficient (Wildman–Crippen LogP) is 3.57. The first-order valence-electron chi connectivity index (χ1n) is 7.45. The molecule has 1 aliphatic heterocycles. The third kappa shape index (κ3) is 3.14. The van der Waals surface area contributed by atoms with Crippen LogP contribution < -0.4 is 0 Å². The highest BCUT2D eigenvalue weighted by molar-refractivity contribution is 5.93. The first-order valence-corrected chi connectivity index (χ1v) is 7.45. The van der Waals surface area contributed by atoms with Gasteiger partial charge < -0.3 is 4.74 Å². The Morgan fingerprint density at radius 2 is 2.05 bits per heavy atom. The Labute approximate surface area is 125 Å². The standard InChI is InChI=1S/C17H23FNO2/c1-13-17(2,3)15-11-14(18)7-8-16(15)19(13)9-5-4-6-10-21-12-20/h7-8,11-12H,4-6,9-10H2,1-3H3/q+1. The molecular formula is C17H23FNO2+. The van der Waals surface area contributed by atoms with Gasteiger partial charge in [-0.3, -0.25) is 4.79 Å². The smallest absolute Gasteiger partial charge is 0.293 e. The molecule has 0 bridgehead atoms. The molecule has 1 aliphatic rings. The van der Waals surface area contributed by atoms with Crippen LogP contribution >= 0.6 is 0 Å². The minimum Gasteiger partial charge on any atom is -0.468 e. The summed E-state index contributed by atoms with van der Waals surface area (Å²) in [6.07, 6.45) is 2.91. The van der Waals surface area contributed by atoms with Crippen LogP contribution in [0, 0.1) is 5.82 Å². The van der Waals surface area contributed by atoms with Crippen LogP contribution in [-0.2, 0) is 14.9 Å². The third-order valence-electron chi connectivity index (χ3n) is 4.44. The molecule has 0 N–H and O–H groups in total. The summed E-state index contributed by atoms with van der Waals surface area (Å²) in [4.78, 5) is 10.1. The molecule has 114 valence electrons. The first kappa shape index (κ1) is 15.7. The van der Waals surface area contributed by atoms with Crippen LogP contribution in [0.25, 0.3) is 0 Å². The highest BCUT2D eigenvalue weighted by Gasteiger charge is 2.42. The lowest BCUT2D eigenvalue weighted by atomic mass is 9.82. The number of hydrogen-bond acceptors (Lipinski definition) is 2. The summed E-state index contributed by atoms with van der Waals surface area (Å²) in [6, 6.07) is 5.05. The largest absolute Gasteiger partial charge is 0.468 e. The van der Waals surface area contributed by atoms with Crippen molar-refractivity contribution in [1.82, 2.24) is 0 Å². The van der Waals surface area contributed by atoms with Crippen LogP contribution in [0.1, 0.15) is 45.6 Å². The van der Waals surface area contributed by atoms with Crippen molar-refractivity contribution in [3.05, 3.63) is 29.6 Å². The normalized spacial score (nSPS) is 16.0. The molecule has 2 rings (SSSR count). The van der Waals surface area contributed by atoms with Crippen molar-refractivity contribution in [2.75, 3.05) is 13.2 Å². The molecule has 0 atom stereocenters. The molecule has 0 radical (unpaired) electrons. The maximum absolute atomic E-state index is 13.5. The number of hydrogen-bond donors (Lipinski definition) is 0. The fourth-order valence-corrected chi connectivity index (χ4v) is 2.93.